The fourth-order valence-electron chi connectivity index (χ4n) is 2.00. The maximum atomic E-state index is 9.43. The van der Waals surface area contributed by atoms with E-state index in [1.807, 2.05) is 0 Å². The summed E-state index contributed by atoms with van der Waals surface area (Å²) in [4.78, 5) is 0. The molecule has 2 aromatic carbocycles. The Morgan fingerprint density at radius 2 is 1.25 bits per heavy atom. The zero-order chi connectivity index (χ0) is 14.6. The van der Waals surface area contributed by atoms with Gasteiger partial charge in [-0.1, -0.05) is 24.3 Å². The average Bonchev–Trinajstić information content (AvgIpc) is 2.48. The number of phenolic OH excluding ortho intramolecular Hbond substituents is 2. The fraction of sp³-hybridized carbons (Fsp3) is 0.125. The van der Waals surface area contributed by atoms with Crippen molar-refractivity contribution in [3.05, 3.63) is 59.7 Å². The van der Waals surface area contributed by atoms with Gasteiger partial charge < -0.3 is 10.2 Å². The Balaban J connectivity index is 2.40. The van der Waals surface area contributed by atoms with Crippen LogP contribution in [0.3, 0.4) is 0 Å². The van der Waals surface area contributed by atoms with Crippen molar-refractivity contribution in [1.82, 2.24) is 0 Å². The van der Waals surface area contributed by atoms with E-state index in [2.05, 4.69) is 12.1 Å². The first-order chi connectivity index (χ1) is 9.59. The van der Waals surface area contributed by atoms with Crippen molar-refractivity contribution >= 4 is 0 Å². The van der Waals surface area contributed by atoms with Crippen LogP contribution in [0.2, 0.25) is 0 Å². The topological polar surface area (TPSA) is 88.0 Å². The second-order valence-electron chi connectivity index (χ2n) is 4.52. The normalized spacial score (nSPS) is 10.5. The molecule has 0 radical (unpaired) electrons. The number of rotatable bonds is 3. The number of nitriles is 2. The molecule has 2 aromatic rings. The molecule has 0 aliphatic carbocycles. The van der Waals surface area contributed by atoms with Crippen LogP contribution in [0.1, 0.15) is 11.1 Å². The van der Waals surface area contributed by atoms with Gasteiger partial charge in [0.05, 0.1) is 12.1 Å². The summed E-state index contributed by atoms with van der Waals surface area (Å²) in [7, 11) is 0. The molecule has 0 fully saturated rings. The van der Waals surface area contributed by atoms with E-state index in [4.69, 9.17) is 0 Å². The predicted molar refractivity (Wildman–Crippen MR) is 72.8 cm³/mol. The van der Waals surface area contributed by atoms with Crippen molar-refractivity contribution in [2.24, 2.45) is 0 Å². The van der Waals surface area contributed by atoms with Gasteiger partial charge in [0.15, 0.2) is 5.41 Å². The molecule has 0 aromatic heterocycles. The highest BCUT2D eigenvalue weighted by Gasteiger charge is 2.32. The maximum absolute atomic E-state index is 9.43. The maximum Gasteiger partial charge on any atom is 0.172 e. The minimum Gasteiger partial charge on any atom is -0.508 e. The summed E-state index contributed by atoms with van der Waals surface area (Å²) < 4.78 is 0. The number of phenols is 2. The van der Waals surface area contributed by atoms with Crippen LogP contribution >= 0.6 is 0 Å². The molecule has 0 aliphatic heterocycles. The molecule has 0 saturated carbocycles. The van der Waals surface area contributed by atoms with Crippen molar-refractivity contribution in [3.8, 4) is 23.6 Å². The molecular weight excluding hydrogens is 252 g/mol. The Bertz CT molecular complexity index is 662. The molecule has 0 amide bonds. The molecule has 0 spiro atoms. The fourth-order valence-corrected chi connectivity index (χ4v) is 2.00. The highest BCUT2D eigenvalue weighted by molar-refractivity contribution is 5.44. The van der Waals surface area contributed by atoms with Crippen LogP contribution in [0.4, 0.5) is 0 Å². The van der Waals surface area contributed by atoms with Gasteiger partial charge in [0, 0.05) is 6.42 Å². The van der Waals surface area contributed by atoms with Gasteiger partial charge in [-0.3, -0.25) is 0 Å². The summed E-state index contributed by atoms with van der Waals surface area (Å²) in [5, 5.41) is 37.4. The lowest BCUT2D eigenvalue weighted by Crippen LogP contribution is -2.24. The zero-order valence-corrected chi connectivity index (χ0v) is 10.6. The van der Waals surface area contributed by atoms with Gasteiger partial charge >= 0.3 is 0 Å². The third-order valence-electron chi connectivity index (χ3n) is 3.15. The molecule has 2 N–H and O–H groups in total. The largest absolute Gasteiger partial charge is 0.508 e. The lowest BCUT2D eigenvalue weighted by atomic mass is 9.78. The standard InChI is InChI=1S/C16H12N2O2/c17-10-16(11-18,13-3-7-15(20)8-4-13)9-12-1-5-14(19)6-2-12/h1-8,19-20H,9H2. The van der Waals surface area contributed by atoms with Gasteiger partial charge in [-0.2, -0.15) is 10.5 Å². The third kappa shape index (κ3) is 2.55. The van der Waals surface area contributed by atoms with Crippen LogP contribution in [0.15, 0.2) is 48.5 Å². The average molecular weight is 264 g/mol. The molecule has 0 aliphatic rings. The predicted octanol–water partition coefficient (Wildman–Crippen LogP) is 2.63. The Morgan fingerprint density at radius 3 is 1.70 bits per heavy atom. The summed E-state index contributed by atoms with van der Waals surface area (Å²) in [6.45, 7) is 0. The zero-order valence-electron chi connectivity index (χ0n) is 10.6. The quantitative estimate of drug-likeness (QED) is 0.891. The smallest absolute Gasteiger partial charge is 0.172 e. The van der Waals surface area contributed by atoms with Crippen molar-refractivity contribution in [1.29, 1.82) is 10.5 Å². The molecule has 0 heterocycles. The third-order valence-corrected chi connectivity index (χ3v) is 3.15. The Morgan fingerprint density at radius 1 is 0.800 bits per heavy atom. The molecule has 2 rings (SSSR count). The Hall–Kier alpha value is -2.98. The van der Waals surface area contributed by atoms with E-state index in [9.17, 15) is 20.7 Å². The molecule has 98 valence electrons. The van der Waals surface area contributed by atoms with E-state index in [1.54, 1.807) is 24.3 Å². The summed E-state index contributed by atoms with van der Waals surface area (Å²) in [5.41, 5.74) is -0.00245. The minimum absolute atomic E-state index is 0.0863. The van der Waals surface area contributed by atoms with Crippen LogP contribution < -0.4 is 0 Å². The molecule has 0 bridgehead atoms. The SMILES string of the molecule is N#CC(C#N)(Cc1ccc(O)cc1)c1ccc(O)cc1. The molecule has 0 unspecified atom stereocenters. The van der Waals surface area contributed by atoms with Crippen LogP contribution in [0.25, 0.3) is 0 Å². The van der Waals surface area contributed by atoms with Crippen molar-refractivity contribution in [2.45, 2.75) is 11.8 Å². The van der Waals surface area contributed by atoms with E-state index >= 15 is 0 Å². The summed E-state index contributed by atoms with van der Waals surface area (Å²) in [6, 6.07) is 16.6. The van der Waals surface area contributed by atoms with Crippen molar-refractivity contribution < 1.29 is 10.2 Å². The van der Waals surface area contributed by atoms with E-state index in [0.717, 1.165) is 5.56 Å². The monoisotopic (exact) mass is 264 g/mol. The first-order valence-corrected chi connectivity index (χ1v) is 5.99. The summed E-state index contributed by atoms with van der Waals surface area (Å²) in [5.74, 6) is 0.223. The van der Waals surface area contributed by atoms with Gasteiger partial charge in [-0.25, -0.2) is 0 Å². The van der Waals surface area contributed by atoms with Gasteiger partial charge in [-0.15, -0.1) is 0 Å². The minimum atomic E-state index is -1.31. The van der Waals surface area contributed by atoms with Gasteiger partial charge in [0.2, 0.25) is 0 Å². The van der Waals surface area contributed by atoms with E-state index in [-0.39, 0.29) is 17.9 Å². The Kier molecular flexibility index (Phi) is 3.59. The molecule has 0 saturated heterocycles. The van der Waals surface area contributed by atoms with Gasteiger partial charge in [0.25, 0.3) is 0 Å². The number of aromatic hydroxyl groups is 2. The van der Waals surface area contributed by atoms with Crippen LogP contribution in [0, 0.1) is 22.7 Å². The first-order valence-electron chi connectivity index (χ1n) is 5.99. The lowest BCUT2D eigenvalue weighted by molar-refractivity contribution is 0.474. The van der Waals surface area contributed by atoms with Crippen LogP contribution in [-0.4, -0.2) is 10.2 Å². The van der Waals surface area contributed by atoms with Crippen LogP contribution in [-0.2, 0) is 11.8 Å². The number of nitrogens with zero attached hydrogens (tertiary/aromatic N) is 2. The Labute approximate surface area is 116 Å². The van der Waals surface area contributed by atoms with E-state index in [1.165, 1.54) is 24.3 Å². The van der Waals surface area contributed by atoms with Crippen molar-refractivity contribution in [3.63, 3.8) is 0 Å². The van der Waals surface area contributed by atoms with Gasteiger partial charge in [0.1, 0.15) is 11.5 Å². The van der Waals surface area contributed by atoms with Crippen LogP contribution in [0.5, 0.6) is 11.5 Å². The molecule has 0 atom stereocenters. The number of hydrogen-bond donors (Lipinski definition) is 2. The second-order valence-corrected chi connectivity index (χ2v) is 4.52. The summed E-state index contributed by atoms with van der Waals surface area (Å²) >= 11 is 0. The first kappa shape index (κ1) is 13.5. The lowest BCUT2D eigenvalue weighted by Gasteiger charge is -2.19. The molecule has 20 heavy (non-hydrogen) atoms. The highest BCUT2D eigenvalue weighted by atomic mass is 16.3. The second kappa shape index (κ2) is 5.34. The number of benzene rings is 2. The molecule has 4 nitrogen and oxygen atoms in total. The van der Waals surface area contributed by atoms with E-state index < -0.39 is 5.41 Å². The summed E-state index contributed by atoms with van der Waals surface area (Å²) in [6.07, 6.45) is 0.213. The van der Waals surface area contributed by atoms with Gasteiger partial charge in [-0.05, 0) is 35.4 Å². The van der Waals surface area contributed by atoms with E-state index in [0.29, 0.717) is 5.56 Å². The number of hydrogen-bond acceptors (Lipinski definition) is 4. The van der Waals surface area contributed by atoms with Crippen molar-refractivity contribution in [2.75, 3.05) is 0 Å². The molecular formula is C16H12N2O2. The molecule has 4 heteroatoms. The highest BCUT2D eigenvalue weighted by Crippen LogP contribution is 2.29.